The van der Waals surface area contributed by atoms with Crippen LogP contribution in [0.15, 0.2) is 60.9 Å². The van der Waals surface area contributed by atoms with Crippen LogP contribution in [0, 0.1) is 5.82 Å². The maximum atomic E-state index is 13.8. The number of Topliss-reactive ketones (excluding diaryl/α,β-unsaturated/α-hetero) is 1. The number of halogens is 1. The number of para-hydroxylation sites is 1. The first kappa shape index (κ1) is 15.0. The molecule has 0 radical (unpaired) electrons. The lowest BCUT2D eigenvalue weighted by Crippen LogP contribution is -2.06. The predicted octanol–water partition coefficient (Wildman–Crippen LogP) is 3.83. The van der Waals surface area contributed by atoms with E-state index < -0.39 is 5.82 Å². The fourth-order valence-corrected chi connectivity index (χ4v) is 2.40. The highest BCUT2D eigenvalue weighted by atomic mass is 19.1. The van der Waals surface area contributed by atoms with Crippen LogP contribution in [0.25, 0.3) is 5.69 Å². The van der Waals surface area contributed by atoms with Gasteiger partial charge in [-0.1, -0.05) is 24.3 Å². The lowest BCUT2D eigenvalue weighted by atomic mass is 10.1. The van der Waals surface area contributed by atoms with Gasteiger partial charge in [0.2, 0.25) is 0 Å². The third kappa shape index (κ3) is 3.29. The first-order chi connectivity index (χ1) is 11.1. The van der Waals surface area contributed by atoms with Crippen LogP contribution in [0.4, 0.5) is 10.1 Å². The quantitative estimate of drug-likeness (QED) is 0.729. The largest absolute Gasteiger partial charge is 0.380 e. The summed E-state index contributed by atoms with van der Waals surface area (Å²) in [6.07, 6.45) is 3.64. The Morgan fingerprint density at radius 1 is 1.17 bits per heavy atom. The number of carbonyl (C=O) groups is 1. The second-order valence-corrected chi connectivity index (χ2v) is 5.20. The summed E-state index contributed by atoms with van der Waals surface area (Å²) in [5.74, 6) is -0.812. The predicted molar refractivity (Wildman–Crippen MR) is 87.3 cm³/mol. The van der Waals surface area contributed by atoms with Crippen LogP contribution in [0.5, 0.6) is 0 Å². The smallest absolute Gasteiger partial charge is 0.164 e. The van der Waals surface area contributed by atoms with E-state index in [-0.39, 0.29) is 11.3 Å². The molecule has 0 atom stereocenters. The van der Waals surface area contributed by atoms with E-state index in [1.807, 2.05) is 36.5 Å². The van der Waals surface area contributed by atoms with Crippen LogP contribution in [0.1, 0.15) is 22.8 Å². The molecule has 0 bridgehead atoms. The van der Waals surface area contributed by atoms with Crippen molar-refractivity contribution >= 4 is 11.5 Å². The van der Waals surface area contributed by atoms with Gasteiger partial charge in [0.1, 0.15) is 5.82 Å². The lowest BCUT2D eigenvalue weighted by molar-refractivity contribution is 0.101. The van der Waals surface area contributed by atoms with Crippen molar-refractivity contribution in [2.24, 2.45) is 0 Å². The van der Waals surface area contributed by atoms with Gasteiger partial charge >= 0.3 is 0 Å². The van der Waals surface area contributed by atoms with Gasteiger partial charge in [-0.3, -0.25) is 4.79 Å². The van der Waals surface area contributed by atoms with Crippen LogP contribution in [0.2, 0.25) is 0 Å². The Balaban J connectivity index is 1.76. The Morgan fingerprint density at radius 3 is 2.70 bits per heavy atom. The first-order valence-electron chi connectivity index (χ1n) is 7.27. The molecule has 2 aromatic carbocycles. The molecule has 116 valence electrons. The summed E-state index contributed by atoms with van der Waals surface area (Å²) in [5.41, 5.74) is 2.48. The van der Waals surface area contributed by atoms with E-state index in [9.17, 15) is 9.18 Å². The molecule has 0 amide bonds. The minimum absolute atomic E-state index is 0.0861. The monoisotopic (exact) mass is 309 g/mol. The summed E-state index contributed by atoms with van der Waals surface area (Å²) >= 11 is 0. The standard InChI is InChI=1S/C18H16FN3O/c1-13(23)18-16(19)8-5-9-17(18)20-10-14-11-21-22(12-14)15-6-3-2-4-7-15/h2-9,11-12,20H,10H2,1H3. The zero-order chi connectivity index (χ0) is 16.2. The van der Waals surface area contributed by atoms with Crippen molar-refractivity contribution in [1.82, 2.24) is 9.78 Å². The van der Waals surface area contributed by atoms with Crippen molar-refractivity contribution in [3.8, 4) is 5.69 Å². The highest BCUT2D eigenvalue weighted by Crippen LogP contribution is 2.20. The number of rotatable bonds is 5. The molecule has 1 N–H and O–H groups in total. The van der Waals surface area contributed by atoms with Crippen molar-refractivity contribution in [3.63, 3.8) is 0 Å². The van der Waals surface area contributed by atoms with Gasteiger partial charge in [0.15, 0.2) is 5.78 Å². The third-order valence-corrected chi connectivity index (χ3v) is 3.51. The average Bonchev–Trinajstić information content (AvgIpc) is 3.02. The highest BCUT2D eigenvalue weighted by molar-refractivity contribution is 5.99. The van der Waals surface area contributed by atoms with E-state index in [1.54, 1.807) is 23.0 Å². The van der Waals surface area contributed by atoms with Crippen molar-refractivity contribution < 1.29 is 9.18 Å². The molecule has 0 saturated heterocycles. The molecular formula is C18H16FN3O. The van der Waals surface area contributed by atoms with Gasteiger partial charge in [-0.05, 0) is 31.2 Å². The van der Waals surface area contributed by atoms with E-state index in [1.165, 1.54) is 13.0 Å². The second kappa shape index (κ2) is 6.44. The zero-order valence-electron chi connectivity index (χ0n) is 12.7. The van der Waals surface area contributed by atoms with E-state index in [0.29, 0.717) is 12.2 Å². The highest BCUT2D eigenvalue weighted by Gasteiger charge is 2.12. The van der Waals surface area contributed by atoms with Gasteiger partial charge in [-0.25, -0.2) is 9.07 Å². The first-order valence-corrected chi connectivity index (χ1v) is 7.27. The van der Waals surface area contributed by atoms with Gasteiger partial charge in [0.25, 0.3) is 0 Å². The molecule has 1 heterocycles. The normalized spacial score (nSPS) is 10.5. The second-order valence-electron chi connectivity index (χ2n) is 5.20. The fourth-order valence-electron chi connectivity index (χ4n) is 2.40. The number of carbonyl (C=O) groups excluding carboxylic acids is 1. The molecule has 1 aromatic heterocycles. The van der Waals surface area contributed by atoms with Crippen LogP contribution < -0.4 is 5.32 Å². The molecule has 5 heteroatoms. The van der Waals surface area contributed by atoms with Crippen LogP contribution >= 0.6 is 0 Å². The maximum Gasteiger partial charge on any atom is 0.164 e. The molecule has 0 aliphatic rings. The van der Waals surface area contributed by atoms with Gasteiger partial charge in [-0.15, -0.1) is 0 Å². The van der Waals surface area contributed by atoms with Gasteiger partial charge in [0, 0.05) is 24.0 Å². The topological polar surface area (TPSA) is 46.9 Å². The minimum Gasteiger partial charge on any atom is -0.380 e. The van der Waals surface area contributed by atoms with Gasteiger partial charge < -0.3 is 5.32 Å². The van der Waals surface area contributed by atoms with E-state index in [0.717, 1.165) is 11.3 Å². The molecule has 0 unspecified atom stereocenters. The summed E-state index contributed by atoms with van der Waals surface area (Å²) in [6.45, 7) is 1.81. The number of anilines is 1. The SMILES string of the molecule is CC(=O)c1c(F)cccc1NCc1cnn(-c2ccccc2)c1. The summed E-state index contributed by atoms with van der Waals surface area (Å²) in [4.78, 5) is 11.6. The van der Waals surface area contributed by atoms with Crippen molar-refractivity contribution in [1.29, 1.82) is 0 Å². The minimum atomic E-state index is -0.512. The number of ketones is 1. The number of hydrogen-bond acceptors (Lipinski definition) is 3. The Labute approximate surface area is 133 Å². The molecule has 0 aliphatic heterocycles. The molecule has 4 nitrogen and oxygen atoms in total. The Hall–Kier alpha value is -2.95. The van der Waals surface area contributed by atoms with Crippen molar-refractivity contribution in [3.05, 3.63) is 77.9 Å². The number of hydrogen-bond donors (Lipinski definition) is 1. The molecule has 23 heavy (non-hydrogen) atoms. The van der Waals surface area contributed by atoms with Gasteiger partial charge in [0.05, 0.1) is 17.4 Å². The van der Waals surface area contributed by atoms with Crippen LogP contribution in [-0.2, 0) is 6.54 Å². The van der Waals surface area contributed by atoms with Crippen molar-refractivity contribution in [2.75, 3.05) is 5.32 Å². The molecule has 0 fully saturated rings. The number of nitrogens with one attached hydrogen (secondary N) is 1. The molecule has 3 aromatic rings. The van der Waals surface area contributed by atoms with Crippen LogP contribution in [-0.4, -0.2) is 15.6 Å². The Bertz CT molecular complexity index is 827. The van der Waals surface area contributed by atoms with Crippen LogP contribution in [0.3, 0.4) is 0 Å². The molecular weight excluding hydrogens is 293 g/mol. The zero-order valence-corrected chi connectivity index (χ0v) is 12.7. The van der Waals surface area contributed by atoms with E-state index in [4.69, 9.17) is 0 Å². The maximum absolute atomic E-state index is 13.8. The van der Waals surface area contributed by atoms with E-state index >= 15 is 0 Å². The Kier molecular flexibility index (Phi) is 4.19. The summed E-state index contributed by atoms with van der Waals surface area (Å²) in [5, 5.41) is 7.41. The summed E-state index contributed by atoms with van der Waals surface area (Å²) in [6, 6.07) is 14.3. The molecule has 3 rings (SSSR count). The summed E-state index contributed by atoms with van der Waals surface area (Å²) < 4.78 is 15.5. The molecule has 0 aliphatic carbocycles. The van der Waals surface area contributed by atoms with Crippen molar-refractivity contribution in [2.45, 2.75) is 13.5 Å². The van der Waals surface area contributed by atoms with E-state index in [2.05, 4.69) is 10.4 Å². The fraction of sp³-hybridized carbons (Fsp3) is 0.111. The lowest BCUT2D eigenvalue weighted by Gasteiger charge is -2.10. The average molecular weight is 309 g/mol. The molecule has 0 saturated carbocycles. The Morgan fingerprint density at radius 2 is 1.96 bits per heavy atom. The van der Waals surface area contributed by atoms with Gasteiger partial charge in [-0.2, -0.15) is 5.10 Å². The third-order valence-electron chi connectivity index (χ3n) is 3.51. The molecule has 0 spiro atoms. The number of aromatic nitrogens is 2. The summed E-state index contributed by atoms with van der Waals surface area (Å²) in [7, 11) is 0. The number of nitrogens with zero attached hydrogens (tertiary/aromatic N) is 2. The number of benzene rings is 2.